The molecule has 0 aliphatic carbocycles. The highest BCUT2D eigenvalue weighted by molar-refractivity contribution is 6.97. The number of rotatable bonds is 8. The first kappa shape index (κ1) is 31.4. The van der Waals surface area contributed by atoms with Crippen molar-refractivity contribution in [2.75, 3.05) is 12.0 Å². The van der Waals surface area contributed by atoms with Crippen LogP contribution in [0.1, 0.15) is 0 Å². The van der Waals surface area contributed by atoms with E-state index in [0.717, 1.165) is 33.9 Å². The van der Waals surface area contributed by atoms with Crippen LogP contribution in [0.5, 0.6) is 5.75 Å². The normalized spacial score (nSPS) is 11.2. The molecule has 0 spiro atoms. The number of benzene rings is 9. The van der Waals surface area contributed by atoms with Gasteiger partial charge in [0.25, 0.3) is 0 Å². The third-order valence-corrected chi connectivity index (χ3v) is 10.3. The zero-order chi connectivity index (χ0) is 34.9. The Balaban J connectivity index is 1.28. The molecule has 0 saturated carbocycles. The Bertz CT molecular complexity index is 2580. The first-order valence-electron chi connectivity index (χ1n) is 17.8. The van der Waals surface area contributed by atoms with Crippen LogP contribution in [0.15, 0.2) is 200 Å². The zero-order valence-electron chi connectivity index (χ0n) is 29.0. The number of nitrogens with zero attached hydrogens (tertiary/aromatic N) is 1. The molecule has 9 aromatic carbocycles. The molecule has 2 nitrogen and oxygen atoms in total. The number of anilines is 3. The number of para-hydroxylation sites is 2. The van der Waals surface area contributed by atoms with Gasteiger partial charge in [-0.05, 0) is 80.3 Å². The van der Waals surface area contributed by atoms with E-state index in [-0.39, 0.29) is 6.71 Å². The molecule has 0 atom stereocenters. The Morgan fingerprint density at radius 3 is 1.38 bits per heavy atom. The predicted octanol–water partition coefficient (Wildman–Crippen LogP) is 10.8. The van der Waals surface area contributed by atoms with E-state index in [9.17, 15) is 0 Å². The molecule has 246 valence electrons. The molecule has 9 aromatic rings. The fourth-order valence-electron chi connectivity index (χ4n) is 7.93. The molecule has 9 rings (SSSR count). The van der Waals surface area contributed by atoms with Gasteiger partial charge in [-0.3, -0.25) is 0 Å². The minimum absolute atomic E-state index is 0.0833. The van der Waals surface area contributed by atoms with E-state index in [0.29, 0.717) is 0 Å². The Hall–Kier alpha value is -6.58. The maximum Gasteiger partial charge on any atom is 0.242 e. The fourth-order valence-corrected chi connectivity index (χ4v) is 7.93. The van der Waals surface area contributed by atoms with Crippen molar-refractivity contribution in [2.24, 2.45) is 0 Å². The molecule has 0 aromatic heterocycles. The molecule has 0 amide bonds. The molecule has 0 radical (unpaired) electrons. The highest BCUT2D eigenvalue weighted by atomic mass is 16.5. The van der Waals surface area contributed by atoms with Crippen LogP contribution in [0, 0.1) is 0 Å². The van der Waals surface area contributed by atoms with E-state index in [1.165, 1.54) is 48.7 Å². The van der Waals surface area contributed by atoms with Crippen LogP contribution in [0.2, 0.25) is 0 Å². The average Bonchev–Trinajstić information content (AvgIpc) is 3.22. The number of hydrogen-bond acceptors (Lipinski definition) is 2. The maximum absolute atomic E-state index is 6.23. The standard InChI is InChI=1S/C49H36BNO/c1-52-49-32-39(51(37-22-10-4-11-23-37)38-24-12-5-13-25-38)30-31-44(49)45-33-46-42-28-16-17-29-43(42)48(34-47(46)41-27-15-14-26-40(41)45)50(35-18-6-2-7-19-35)36-20-8-3-9-21-36/h2-34H,1H3. The highest BCUT2D eigenvalue weighted by Crippen LogP contribution is 2.44. The molecule has 0 aliphatic rings. The van der Waals surface area contributed by atoms with Crippen molar-refractivity contribution >= 4 is 72.5 Å². The van der Waals surface area contributed by atoms with Gasteiger partial charge >= 0.3 is 0 Å². The van der Waals surface area contributed by atoms with Crippen molar-refractivity contribution in [3.05, 3.63) is 200 Å². The van der Waals surface area contributed by atoms with Gasteiger partial charge in [0, 0.05) is 28.7 Å². The fraction of sp³-hybridized carbons (Fsp3) is 0.0204. The SMILES string of the molecule is COc1cc(N(c2ccccc2)c2ccccc2)ccc1-c1cc2c3ccccc3c(B(c3ccccc3)c3ccccc3)cc2c2ccccc12. The molecule has 0 heterocycles. The molecule has 0 bridgehead atoms. The van der Waals surface area contributed by atoms with Crippen LogP contribution in [0.3, 0.4) is 0 Å². The lowest BCUT2D eigenvalue weighted by molar-refractivity contribution is 0.416. The van der Waals surface area contributed by atoms with E-state index in [1.807, 2.05) is 0 Å². The van der Waals surface area contributed by atoms with E-state index in [1.54, 1.807) is 7.11 Å². The van der Waals surface area contributed by atoms with Gasteiger partial charge in [-0.15, -0.1) is 0 Å². The lowest BCUT2D eigenvalue weighted by Gasteiger charge is -2.26. The van der Waals surface area contributed by atoms with Gasteiger partial charge in [-0.2, -0.15) is 0 Å². The summed E-state index contributed by atoms with van der Waals surface area (Å²) >= 11 is 0. The average molecular weight is 666 g/mol. The van der Waals surface area contributed by atoms with Crippen LogP contribution >= 0.6 is 0 Å². The monoisotopic (exact) mass is 665 g/mol. The van der Waals surface area contributed by atoms with Crippen molar-refractivity contribution in [1.82, 2.24) is 0 Å². The van der Waals surface area contributed by atoms with Crippen LogP contribution < -0.4 is 26.0 Å². The lowest BCUT2D eigenvalue weighted by atomic mass is 9.36. The summed E-state index contributed by atoms with van der Waals surface area (Å²) in [5.74, 6) is 0.827. The Morgan fingerprint density at radius 1 is 0.365 bits per heavy atom. The summed E-state index contributed by atoms with van der Waals surface area (Å²) < 4.78 is 6.23. The van der Waals surface area contributed by atoms with Crippen LogP contribution in [0.4, 0.5) is 17.1 Å². The molecule has 0 fully saturated rings. The van der Waals surface area contributed by atoms with Gasteiger partial charge in [0.15, 0.2) is 0 Å². The van der Waals surface area contributed by atoms with Crippen molar-refractivity contribution < 1.29 is 4.74 Å². The van der Waals surface area contributed by atoms with Crippen LogP contribution in [0.25, 0.3) is 43.4 Å². The Morgan fingerprint density at radius 2 is 0.827 bits per heavy atom. The second-order valence-electron chi connectivity index (χ2n) is 13.2. The smallest absolute Gasteiger partial charge is 0.242 e. The number of methoxy groups -OCH3 is 1. The minimum Gasteiger partial charge on any atom is -0.496 e. The van der Waals surface area contributed by atoms with Crippen molar-refractivity contribution in [3.8, 4) is 16.9 Å². The Kier molecular flexibility index (Phi) is 8.23. The molecular weight excluding hydrogens is 629 g/mol. The van der Waals surface area contributed by atoms with Gasteiger partial charge < -0.3 is 9.64 Å². The summed E-state index contributed by atoms with van der Waals surface area (Å²) in [6, 6.07) is 71.9. The number of hydrogen-bond donors (Lipinski definition) is 0. The van der Waals surface area contributed by atoms with Crippen LogP contribution in [-0.4, -0.2) is 13.8 Å². The summed E-state index contributed by atoms with van der Waals surface area (Å²) in [6.45, 7) is 0.0833. The summed E-state index contributed by atoms with van der Waals surface area (Å²) in [6.07, 6.45) is 0. The van der Waals surface area contributed by atoms with E-state index < -0.39 is 0 Å². The molecule has 0 unspecified atom stereocenters. The van der Waals surface area contributed by atoms with Crippen molar-refractivity contribution in [1.29, 1.82) is 0 Å². The topological polar surface area (TPSA) is 12.5 Å². The Labute approximate surface area is 305 Å². The molecule has 52 heavy (non-hydrogen) atoms. The molecule has 3 heteroatoms. The second-order valence-corrected chi connectivity index (χ2v) is 13.2. The third-order valence-electron chi connectivity index (χ3n) is 10.3. The quantitative estimate of drug-likeness (QED) is 0.118. The maximum atomic E-state index is 6.23. The van der Waals surface area contributed by atoms with Gasteiger partial charge in [-0.25, -0.2) is 0 Å². The predicted molar refractivity (Wildman–Crippen MR) is 223 cm³/mol. The molecular formula is C49H36BNO. The highest BCUT2D eigenvalue weighted by Gasteiger charge is 2.25. The molecule has 0 N–H and O–H groups in total. The minimum atomic E-state index is 0.0833. The molecule has 0 aliphatic heterocycles. The van der Waals surface area contributed by atoms with Gasteiger partial charge in [0.2, 0.25) is 6.71 Å². The van der Waals surface area contributed by atoms with Crippen molar-refractivity contribution in [3.63, 3.8) is 0 Å². The summed E-state index contributed by atoms with van der Waals surface area (Å²) in [5, 5.41) is 7.41. The van der Waals surface area contributed by atoms with E-state index in [4.69, 9.17) is 4.74 Å². The van der Waals surface area contributed by atoms with Gasteiger partial charge in [0.05, 0.1) is 7.11 Å². The van der Waals surface area contributed by atoms with Gasteiger partial charge in [0.1, 0.15) is 5.75 Å². The molecule has 0 saturated heterocycles. The summed E-state index contributed by atoms with van der Waals surface area (Å²) in [4.78, 5) is 2.27. The largest absolute Gasteiger partial charge is 0.496 e. The van der Waals surface area contributed by atoms with E-state index >= 15 is 0 Å². The third kappa shape index (κ3) is 5.57. The van der Waals surface area contributed by atoms with Gasteiger partial charge in [-0.1, -0.05) is 168 Å². The lowest BCUT2D eigenvalue weighted by Crippen LogP contribution is -2.52. The first-order valence-corrected chi connectivity index (χ1v) is 17.8. The summed E-state index contributed by atoms with van der Waals surface area (Å²) in [7, 11) is 1.77. The second kappa shape index (κ2) is 13.6. The number of ether oxygens (including phenoxy) is 1. The zero-order valence-corrected chi connectivity index (χ0v) is 29.0. The van der Waals surface area contributed by atoms with Crippen LogP contribution in [-0.2, 0) is 0 Å². The van der Waals surface area contributed by atoms with E-state index in [2.05, 4.69) is 205 Å². The number of fused-ring (bicyclic) bond motifs is 5. The summed E-state index contributed by atoms with van der Waals surface area (Å²) in [5.41, 5.74) is 9.29. The first-order chi connectivity index (χ1) is 25.8. The van der Waals surface area contributed by atoms with Crippen molar-refractivity contribution in [2.45, 2.75) is 0 Å².